The molecule has 0 spiro atoms. The van der Waals surface area contributed by atoms with E-state index in [1.807, 2.05) is 0 Å². The van der Waals surface area contributed by atoms with Gasteiger partial charge in [-0.25, -0.2) is 4.39 Å². The normalized spacial score (nSPS) is 9.73. The summed E-state index contributed by atoms with van der Waals surface area (Å²) in [5.41, 5.74) is 0.725. The molecule has 0 amide bonds. The molecule has 0 atom stereocenters. The minimum Gasteiger partial charge on any atom is -0.494 e. The van der Waals surface area contributed by atoms with Crippen LogP contribution in [0.1, 0.15) is 5.69 Å². The van der Waals surface area contributed by atoms with E-state index >= 15 is 0 Å². The van der Waals surface area contributed by atoms with Crippen molar-refractivity contribution in [3.63, 3.8) is 0 Å². The second-order valence-corrected chi connectivity index (χ2v) is 2.06. The van der Waals surface area contributed by atoms with E-state index in [2.05, 4.69) is 11.9 Å². The van der Waals surface area contributed by atoms with Gasteiger partial charge in [0, 0.05) is 11.8 Å². The first-order valence-electron chi connectivity index (χ1n) is 3.25. The topological polar surface area (TPSA) is 22.1 Å². The highest BCUT2D eigenvalue weighted by atomic mass is 19.1. The first-order valence-corrected chi connectivity index (χ1v) is 3.25. The van der Waals surface area contributed by atoms with Crippen LogP contribution in [0.4, 0.5) is 4.39 Å². The Morgan fingerprint density at radius 3 is 3.00 bits per heavy atom. The minimum atomic E-state index is -0.440. The molecule has 0 aliphatic heterocycles. The highest BCUT2D eigenvalue weighted by Crippen LogP contribution is 2.15. The molecule has 0 aliphatic rings. The van der Waals surface area contributed by atoms with Crippen molar-refractivity contribution in [1.82, 2.24) is 4.98 Å². The zero-order chi connectivity index (χ0) is 8.27. The van der Waals surface area contributed by atoms with Gasteiger partial charge in [0.05, 0.1) is 13.3 Å². The number of hydrogen-bond acceptors (Lipinski definition) is 2. The Morgan fingerprint density at radius 1 is 1.73 bits per heavy atom. The standard InChI is InChI=1S/C8H9FNO/c1-3-6-4-8(11-2)7(9)5-10-6/h4-5H,1,3H2,2H3. The van der Waals surface area contributed by atoms with E-state index < -0.39 is 5.82 Å². The third-order valence-electron chi connectivity index (χ3n) is 1.35. The Labute approximate surface area is 65.0 Å². The number of hydrogen-bond donors (Lipinski definition) is 0. The van der Waals surface area contributed by atoms with Crippen LogP contribution >= 0.6 is 0 Å². The summed E-state index contributed by atoms with van der Waals surface area (Å²) in [6.07, 6.45) is 1.68. The van der Waals surface area contributed by atoms with Crippen LogP contribution in [0.3, 0.4) is 0 Å². The van der Waals surface area contributed by atoms with Gasteiger partial charge in [-0.1, -0.05) is 0 Å². The largest absolute Gasteiger partial charge is 0.494 e. The van der Waals surface area contributed by atoms with E-state index in [1.54, 1.807) is 6.07 Å². The van der Waals surface area contributed by atoms with Crippen molar-refractivity contribution in [2.75, 3.05) is 7.11 Å². The third kappa shape index (κ3) is 1.67. The summed E-state index contributed by atoms with van der Waals surface area (Å²) in [7, 11) is 1.42. The number of pyridine rings is 1. The van der Waals surface area contributed by atoms with E-state index in [0.29, 0.717) is 6.42 Å². The number of aromatic nitrogens is 1. The zero-order valence-electron chi connectivity index (χ0n) is 6.30. The molecule has 2 nitrogen and oxygen atoms in total. The Bertz CT molecular complexity index is 250. The molecule has 1 aromatic heterocycles. The molecule has 1 radical (unpaired) electrons. The Balaban J connectivity index is 3.02. The molecule has 1 heterocycles. The van der Waals surface area contributed by atoms with Crippen molar-refractivity contribution < 1.29 is 9.13 Å². The minimum absolute atomic E-state index is 0.221. The Hall–Kier alpha value is -1.12. The molecular formula is C8H9FNO. The van der Waals surface area contributed by atoms with Gasteiger partial charge in [-0.3, -0.25) is 4.98 Å². The molecule has 11 heavy (non-hydrogen) atoms. The van der Waals surface area contributed by atoms with Crippen molar-refractivity contribution in [1.29, 1.82) is 0 Å². The number of nitrogens with zero attached hydrogens (tertiary/aromatic N) is 1. The molecule has 0 bridgehead atoms. The van der Waals surface area contributed by atoms with E-state index in [4.69, 9.17) is 4.74 Å². The van der Waals surface area contributed by atoms with Gasteiger partial charge < -0.3 is 4.74 Å². The van der Waals surface area contributed by atoms with E-state index in [-0.39, 0.29) is 5.75 Å². The second-order valence-electron chi connectivity index (χ2n) is 2.06. The maximum Gasteiger partial charge on any atom is 0.183 e. The summed E-state index contributed by atoms with van der Waals surface area (Å²) < 4.78 is 17.4. The fraction of sp³-hybridized carbons (Fsp3) is 0.250. The molecule has 0 aromatic carbocycles. The van der Waals surface area contributed by atoms with Crippen molar-refractivity contribution >= 4 is 0 Å². The molecule has 59 valence electrons. The lowest BCUT2D eigenvalue weighted by atomic mass is 10.3. The number of rotatable bonds is 2. The lowest BCUT2D eigenvalue weighted by Crippen LogP contribution is -1.93. The Kier molecular flexibility index (Phi) is 2.41. The summed E-state index contributed by atoms with van der Waals surface area (Å²) in [6, 6.07) is 1.54. The SMILES string of the molecule is [CH2]Cc1cc(OC)c(F)cn1. The highest BCUT2D eigenvalue weighted by Gasteiger charge is 2.02. The molecule has 0 fully saturated rings. The predicted octanol–water partition coefficient (Wildman–Crippen LogP) is 1.61. The lowest BCUT2D eigenvalue weighted by molar-refractivity contribution is 0.384. The smallest absolute Gasteiger partial charge is 0.183 e. The average molecular weight is 154 g/mol. The number of ether oxygens (including phenoxy) is 1. The molecule has 1 rings (SSSR count). The molecular weight excluding hydrogens is 145 g/mol. The first-order chi connectivity index (χ1) is 5.27. The van der Waals surface area contributed by atoms with Crippen LogP contribution in [0, 0.1) is 12.7 Å². The van der Waals surface area contributed by atoms with Crippen LogP contribution in [-0.2, 0) is 6.42 Å². The van der Waals surface area contributed by atoms with E-state index in [0.717, 1.165) is 11.9 Å². The van der Waals surface area contributed by atoms with Crippen molar-refractivity contribution in [3.05, 3.63) is 30.7 Å². The van der Waals surface area contributed by atoms with Gasteiger partial charge in [-0.05, 0) is 13.3 Å². The van der Waals surface area contributed by atoms with Crippen LogP contribution in [0.5, 0.6) is 5.75 Å². The highest BCUT2D eigenvalue weighted by molar-refractivity contribution is 5.24. The number of methoxy groups -OCH3 is 1. The summed E-state index contributed by atoms with van der Waals surface area (Å²) >= 11 is 0. The second kappa shape index (κ2) is 3.32. The van der Waals surface area contributed by atoms with Gasteiger partial charge in [0.1, 0.15) is 0 Å². The van der Waals surface area contributed by atoms with Crippen LogP contribution in [0.2, 0.25) is 0 Å². The Morgan fingerprint density at radius 2 is 2.45 bits per heavy atom. The first kappa shape index (κ1) is 7.98. The van der Waals surface area contributed by atoms with Gasteiger partial charge in [-0.2, -0.15) is 0 Å². The molecule has 0 aliphatic carbocycles. The van der Waals surface area contributed by atoms with Gasteiger partial charge >= 0.3 is 0 Å². The van der Waals surface area contributed by atoms with Crippen LogP contribution < -0.4 is 4.74 Å². The van der Waals surface area contributed by atoms with Crippen LogP contribution in [0.25, 0.3) is 0 Å². The maximum absolute atomic E-state index is 12.7. The van der Waals surface area contributed by atoms with Gasteiger partial charge in [0.15, 0.2) is 11.6 Å². The van der Waals surface area contributed by atoms with Crippen LogP contribution in [0.15, 0.2) is 12.3 Å². The molecule has 1 aromatic rings. The average Bonchev–Trinajstić information content (AvgIpc) is 2.05. The summed E-state index contributed by atoms with van der Waals surface area (Å²) in [4.78, 5) is 3.79. The molecule has 0 saturated carbocycles. The van der Waals surface area contributed by atoms with Gasteiger partial charge in [0.2, 0.25) is 0 Å². The van der Waals surface area contributed by atoms with Crippen molar-refractivity contribution in [3.8, 4) is 5.75 Å². The van der Waals surface area contributed by atoms with E-state index in [1.165, 1.54) is 7.11 Å². The number of halogens is 1. The van der Waals surface area contributed by atoms with Crippen molar-refractivity contribution in [2.45, 2.75) is 6.42 Å². The van der Waals surface area contributed by atoms with Crippen molar-refractivity contribution in [2.24, 2.45) is 0 Å². The lowest BCUT2D eigenvalue weighted by Gasteiger charge is -2.01. The molecule has 0 saturated heterocycles. The fourth-order valence-corrected chi connectivity index (χ4v) is 0.754. The monoisotopic (exact) mass is 154 g/mol. The maximum atomic E-state index is 12.7. The van der Waals surface area contributed by atoms with Crippen LogP contribution in [-0.4, -0.2) is 12.1 Å². The molecule has 0 unspecified atom stereocenters. The van der Waals surface area contributed by atoms with Gasteiger partial charge in [0.25, 0.3) is 0 Å². The zero-order valence-corrected chi connectivity index (χ0v) is 6.30. The fourth-order valence-electron chi connectivity index (χ4n) is 0.754. The van der Waals surface area contributed by atoms with E-state index in [9.17, 15) is 4.39 Å². The molecule has 3 heteroatoms. The summed E-state index contributed by atoms with van der Waals surface area (Å²) in [5, 5.41) is 0. The summed E-state index contributed by atoms with van der Waals surface area (Å²) in [5.74, 6) is -0.219. The quantitative estimate of drug-likeness (QED) is 0.645. The third-order valence-corrected chi connectivity index (χ3v) is 1.35. The van der Waals surface area contributed by atoms with Gasteiger partial charge in [-0.15, -0.1) is 0 Å². The predicted molar refractivity (Wildman–Crippen MR) is 39.8 cm³/mol. The summed E-state index contributed by atoms with van der Waals surface area (Å²) in [6.45, 7) is 3.62. The molecule has 0 N–H and O–H groups in total.